The quantitative estimate of drug-likeness (QED) is 0.715. The SMILES string of the molecule is CCC(C)c1ccc(C(=O)Cc2cccc(F)c2F)cc1. The Morgan fingerprint density at radius 3 is 2.38 bits per heavy atom. The highest BCUT2D eigenvalue weighted by Crippen LogP contribution is 2.20. The molecule has 0 radical (unpaired) electrons. The van der Waals surface area contributed by atoms with Crippen molar-refractivity contribution in [2.75, 3.05) is 0 Å². The topological polar surface area (TPSA) is 17.1 Å². The second-order valence-corrected chi connectivity index (χ2v) is 5.24. The van der Waals surface area contributed by atoms with Crippen LogP contribution in [0.1, 0.15) is 47.7 Å². The summed E-state index contributed by atoms with van der Waals surface area (Å²) in [4.78, 5) is 12.1. The lowest BCUT2D eigenvalue weighted by Gasteiger charge is -2.09. The average molecular weight is 288 g/mol. The highest BCUT2D eigenvalue weighted by atomic mass is 19.2. The molecule has 2 aromatic rings. The van der Waals surface area contributed by atoms with Crippen LogP contribution in [0.4, 0.5) is 8.78 Å². The van der Waals surface area contributed by atoms with Crippen LogP contribution in [-0.2, 0) is 6.42 Å². The third-order valence-corrected chi connectivity index (χ3v) is 3.80. The number of carbonyl (C=O) groups excluding carboxylic acids is 1. The molecule has 0 aliphatic carbocycles. The Morgan fingerprint density at radius 1 is 1.10 bits per heavy atom. The zero-order valence-electron chi connectivity index (χ0n) is 12.2. The van der Waals surface area contributed by atoms with Crippen LogP contribution < -0.4 is 0 Å². The summed E-state index contributed by atoms with van der Waals surface area (Å²) in [5.41, 5.74) is 1.78. The van der Waals surface area contributed by atoms with Crippen molar-refractivity contribution in [3.8, 4) is 0 Å². The van der Waals surface area contributed by atoms with E-state index in [0.29, 0.717) is 11.5 Å². The zero-order chi connectivity index (χ0) is 15.4. The van der Waals surface area contributed by atoms with E-state index in [9.17, 15) is 13.6 Å². The van der Waals surface area contributed by atoms with E-state index in [1.165, 1.54) is 17.7 Å². The summed E-state index contributed by atoms with van der Waals surface area (Å²) >= 11 is 0. The normalized spacial score (nSPS) is 12.2. The van der Waals surface area contributed by atoms with Crippen LogP contribution in [0.3, 0.4) is 0 Å². The van der Waals surface area contributed by atoms with E-state index in [4.69, 9.17) is 0 Å². The number of ketones is 1. The molecule has 1 atom stereocenters. The lowest BCUT2D eigenvalue weighted by molar-refractivity contribution is 0.0991. The summed E-state index contributed by atoms with van der Waals surface area (Å²) in [5, 5.41) is 0. The standard InChI is InChI=1S/C18H18F2O/c1-3-12(2)13-7-9-14(10-8-13)17(21)11-15-5-4-6-16(19)18(15)20/h4-10,12H,3,11H2,1-2H3. The number of rotatable bonds is 5. The molecule has 0 spiro atoms. The molecule has 0 saturated carbocycles. The Hall–Kier alpha value is -2.03. The third-order valence-electron chi connectivity index (χ3n) is 3.80. The van der Waals surface area contributed by atoms with Crippen LogP contribution >= 0.6 is 0 Å². The van der Waals surface area contributed by atoms with Gasteiger partial charge in [0, 0.05) is 12.0 Å². The van der Waals surface area contributed by atoms with Gasteiger partial charge in [0.2, 0.25) is 0 Å². The summed E-state index contributed by atoms with van der Waals surface area (Å²) < 4.78 is 26.7. The van der Waals surface area contributed by atoms with Gasteiger partial charge in [-0.2, -0.15) is 0 Å². The summed E-state index contributed by atoms with van der Waals surface area (Å²) in [6, 6.07) is 11.2. The molecule has 0 N–H and O–H groups in total. The molecule has 0 fully saturated rings. The van der Waals surface area contributed by atoms with Gasteiger partial charge >= 0.3 is 0 Å². The van der Waals surface area contributed by atoms with E-state index in [2.05, 4.69) is 13.8 Å². The first-order valence-corrected chi connectivity index (χ1v) is 7.09. The Kier molecular flexibility index (Phi) is 4.84. The van der Waals surface area contributed by atoms with Gasteiger partial charge < -0.3 is 0 Å². The smallest absolute Gasteiger partial charge is 0.167 e. The van der Waals surface area contributed by atoms with Gasteiger partial charge in [-0.05, 0) is 29.5 Å². The van der Waals surface area contributed by atoms with E-state index in [1.807, 2.05) is 12.1 Å². The number of Topliss-reactive ketones (excluding diaryl/α,β-unsaturated/α-hetero) is 1. The summed E-state index contributed by atoms with van der Waals surface area (Å²) in [6.45, 7) is 4.23. The van der Waals surface area contributed by atoms with E-state index in [0.717, 1.165) is 12.5 Å². The predicted molar refractivity (Wildman–Crippen MR) is 79.5 cm³/mol. The maximum Gasteiger partial charge on any atom is 0.167 e. The van der Waals surface area contributed by atoms with E-state index >= 15 is 0 Å². The fourth-order valence-corrected chi connectivity index (χ4v) is 2.19. The van der Waals surface area contributed by atoms with Crippen LogP contribution in [-0.4, -0.2) is 5.78 Å². The van der Waals surface area contributed by atoms with Crippen LogP contribution in [0.15, 0.2) is 42.5 Å². The lowest BCUT2D eigenvalue weighted by atomic mass is 9.95. The highest BCUT2D eigenvalue weighted by Gasteiger charge is 2.13. The maximum atomic E-state index is 13.6. The Balaban J connectivity index is 2.15. The molecule has 0 heterocycles. The zero-order valence-corrected chi connectivity index (χ0v) is 12.2. The van der Waals surface area contributed by atoms with Crippen molar-refractivity contribution in [3.05, 3.63) is 70.8 Å². The van der Waals surface area contributed by atoms with Gasteiger partial charge in [-0.3, -0.25) is 4.79 Å². The number of hydrogen-bond acceptors (Lipinski definition) is 1. The number of halogens is 2. The molecule has 2 rings (SSSR count). The summed E-state index contributed by atoms with van der Waals surface area (Å²) in [5.74, 6) is -1.64. The molecule has 0 aliphatic heterocycles. The van der Waals surface area contributed by atoms with E-state index in [1.54, 1.807) is 12.1 Å². The summed E-state index contributed by atoms with van der Waals surface area (Å²) in [7, 11) is 0. The Morgan fingerprint density at radius 2 is 1.76 bits per heavy atom. The number of carbonyl (C=O) groups is 1. The van der Waals surface area contributed by atoms with E-state index in [-0.39, 0.29) is 17.8 Å². The minimum absolute atomic E-state index is 0.0889. The first-order valence-electron chi connectivity index (χ1n) is 7.09. The van der Waals surface area contributed by atoms with Gasteiger partial charge in [0.1, 0.15) is 0 Å². The minimum Gasteiger partial charge on any atom is -0.294 e. The number of hydrogen-bond donors (Lipinski definition) is 0. The molecular formula is C18H18F2O. The fourth-order valence-electron chi connectivity index (χ4n) is 2.19. The molecule has 0 saturated heterocycles. The summed E-state index contributed by atoms with van der Waals surface area (Å²) in [6.07, 6.45) is 0.897. The van der Waals surface area contributed by atoms with Gasteiger partial charge in [-0.15, -0.1) is 0 Å². The van der Waals surface area contributed by atoms with Crippen molar-refractivity contribution < 1.29 is 13.6 Å². The van der Waals surface area contributed by atoms with Crippen molar-refractivity contribution >= 4 is 5.78 Å². The van der Waals surface area contributed by atoms with Crippen LogP contribution in [0.2, 0.25) is 0 Å². The molecule has 2 aromatic carbocycles. The van der Waals surface area contributed by atoms with Crippen LogP contribution in [0.5, 0.6) is 0 Å². The predicted octanol–water partition coefficient (Wildman–Crippen LogP) is 4.90. The fraction of sp³-hybridized carbons (Fsp3) is 0.278. The van der Waals surface area contributed by atoms with Crippen molar-refractivity contribution in [1.82, 2.24) is 0 Å². The van der Waals surface area contributed by atoms with Crippen LogP contribution in [0.25, 0.3) is 0 Å². The Labute approximate surface area is 123 Å². The van der Waals surface area contributed by atoms with Gasteiger partial charge in [0.05, 0.1) is 0 Å². The van der Waals surface area contributed by atoms with Gasteiger partial charge in [-0.1, -0.05) is 50.2 Å². The van der Waals surface area contributed by atoms with Gasteiger partial charge in [0.15, 0.2) is 17.4 Å². The molecule has 0 bridgehead atoms. The lowest BCUT2D eigenvalue weighted by Crippen LogP contribution is -2.06. The molecule has 110 valence electrons. The van der Waals surface area contributed by atoms with Gasteiger partial charge in [0.25, 0.3) is 0 Å². The molecule has 0 aromatic heterocycles. The first-order chi connectivity index (χ1) is 10.0. The highest BCUT2D eigenvalue weighted by molar-refractivity contribution is 5.97. The van der Waals surface area contributed by atoms with Crippen molar-refractivity contribution in [3.63, 3.8) is 0 Å². The molecular weight excluding hydrogens is 270 g/mol. The molecule has 0 aliphatic rings. The molecule has 0 amide bonds. The largest absolute Gasteiger partial charge is 0.294 e. The second kappa shape index (κ2) is 6.61. The third kappa shape index (κ3) is 3.54. The molecule has 21 heavy (non-hydrogen) atoms. The van der Waals surface area contributed by atoms with Gasteiger partial charge in [-0.25, -0.2) is 8.78 Å². The first kappa shape index (κ1) is 15.4. The monoisotopic (exact) mass is 288 g/mol. The minimum atomic E-state index is -0.943. The molecule has 1 unspecified atom stereocenters. The van der Waals surface area contributed by atoms with Crippen molar-refractivity contribution in [2.24, 2.45) is 0 Å². The second-order valence-electron chi connectivity index (χ2n) is 5.24. The maximum absolute atomic E-state index is 13.6. The average Bonchev–Trinajstić information content (AvgIpc) is 2.51. The van der Waals surface area contributed by atoms with Crippen LogP contribution in [0, 0.1) is 11.6 Å². The molecule has 3 heteroatoms. The Bertz CT molecular complexity index is 632. The van der Waals surface area contributed by atoms with Crippen molar-refractivity contribution in [1.29, 1.82) is 0 Å². The number of benzene rings is 2. The van der Waals surface area contributed by atoms with E-state index < -0.39 is 11.6 Å². The van der Waals surface area contributed by atoms with Crippen molar-refractivity contribution in [2.45, 2.75) is 32.6 Å². The molecule has 1 nitrogen and oxygen atoms in total.